The van der Waals surface area contributed by atoms with E-state index in [2.05, 4.69) is 20.0 Å². The molecule has 0 saturated carbocycles. The number of hydrogen-bond acceptors (Lipinski definition) is 4. The maximum atomic E-state index is 10.6. The summed E-state index contributed by atoms with van der Waals surface area (Å²) in [5, 5.41) is 2.55. The van der Waals surface area contributed by atoms with Crippen LogP contribution in [-0.4, -0.2) is 29.7 Å². The molecule has 0 aromatic carbocycles. The minimum Gasteiger partial charge on any atom is -0.453 e. The number of nitrogens with zero attached hydrogens (tertiary/aromatic N) is 2. The van der Waals surface area contributed by atoms with E-state index in [0.717, 1.165) is 5.69 Å². The second kappa shape index (κ2) is 5.08. The Kier molecular flexibility index (Phi) is 3.69. The number of aromatic nitrogens is 2. The zero-order valence-corrected chi connectivity index (χ0v) is 7.36. The first kappa shape index (κ1) is 9.44. The van der Waals surface area contributed by atoms with Gasteiger partial charge in [-0.15, -0.1) is 0 Å². The van der Waals surface area contributed by atoms with Crippen LogP contribution >= 0.6 is 0 Å². The van der Waals surface area contributed by atoms with Gasteiger partial charge in [-0.3, -0.25) is 9.97 Å². The third-order valence-corrected chi connectivity index (χ3v) is 1.45. The summed E-state index contributed by atoms with van der Waals surface area (Å²) >= 11 is 0. The minimum absolute atomic E-state index is 0.427. The zero-order chi connectivity index (χ0) is 9.52. The van der Waals surface area contributed by atoms with Crippen molar-refractivity contribution < 1.29 is 9.53 Å². The third kappa shape index (κ3) is 3.50. The SMILES string of the molecule is COC(=O)NCCc1cnccn1. The van der Waals surface area contributed by atoms with Crippen LogP contribution in [-0.2, 0) is 11.2 Å². The number of rotatable bonds is 3. The van der Waals surface area contributed by atoms with Gasteiger partial charge in [0.05, 0.1) is 12.8 Å². The van der Waals surface area contributed by atoms with Crippen LogP contribution in [0.5, 0.6) is 0 Å². The van der Waals surface area contributed by atoms with Gasteiger partial charge in [0.15, 0.2) is 0 Å². The topological polar surface area (TPSA) is 64.1 Å². The van der Waals surface area contributed by atoms with E-state index in [0.29, 0.717) is 13.0 Å². The molecule has 0 radical (unpaired) electrons. The summed E-state index contributed by atoms with van der Waals surface area (Å²) in [6.07, 6.45) is 5.12. The standard InChI is InChI=1S/C8H11N3O2/c1-13-8(12)11-3-2-7-6-9-4-5-10-7/h4-6H,2-3H2,1H3,(H,11,12). The molecule has 1 N–H and O–H groups in total. The van der Waals surface area contributed by atoms with Crippen LogP contribution in [0, 0.1) is 0 Å². The van der Waals surface area contributed by atoms with Crippen LogP contribution in [0.15, 0.2) is 18.6 Å². The Labute approximate surface area is 76.2 Å². The Balaban J connectivity index is 2.24. The molecule has 0 fully saturated rings. The van der Waals surface area contributed by atoms with E-state index in [1.165, 1.54) is 7.11 Å². The van der Waals surface area contributed by atoms with Crippen LogP contribution in [0.25, 0.3) is 0 Å². The van der Waals surface area contributed by atoms with Crippen molar-refractivity contribution in [2.24, 2.45) is 0 Å². The molecule has 13 heavy (non-hydrogen) atoms. The average Bonchev–Trinajstić information content (AvgIpc) is 2.19. The lowest BCUT2D eigenvalue weighted by Crippen LogP contribution is -2.25. The molecule has 5 heteroatoms. The van der Waals surface area contributed by atoms with Crippen LogP contribution < -0.4 is 5.32 Å². The van der Waals surface area contributed by atoms with Gasteiger partial charge in [-0.2, -0.15) is 0 Å². The highest BCUT2D eigenvalue weighted by Gasteiger charge is 1.97. The molecule has 70 valence electrons. The second-order valence-corrected chi connectivity index (χ2v) is 2.37. The fourth-order valence-corrected chi connectivity index (χ4v) is 0.824. The van der Waals surface area contributed by atoms with E-state index in [4.69, 9.17) is 0 Å². The monoisotopic (exact) mass is 181 g/mol. The maximum absolute atomic E-state index is 10.6. The van der Waals surface area contributed by atoms with E-state index in [-0.39, 0.29) is 0 Å². The van der Waals surface area contributed by atoms with E-state index in [1.807, 2.05) is 0 Å². The van der Waals surface area contributed by atoms with Crippen LogP contribution in [0.1, 0.15) is 5.69 Å². The summed E-state index contributed by atoms with van der Waals surface area (Å²) in [7, 11) is 1.33. The number of carbonyl (C=O) groups excluding carboxylic acids is 1. The van der Waals surface area contributed by atoms with Gasteiger partial charge in [0.1, 0.15) is 0 Å². The summed E-state index contributed by atoms with van der Waals surface area (Å²) in [5.74, 6) is 0. The third-order valence-electron chi connectivity index (χ3n) is 1.45. The van der Waals surface area contributed by atoms with Gasteiger partial charge >= 0.3 is 6.09 Å². The van der Waals surface area contributed by atoms with Crippen LogP contribution in [0.2, 0.25) is 0 Å². The Bertz CT molecular complexity index is 263. The molecule has 1 rings (SSSR count). The van der Waals surface area contributed by atoms with Crippen molar-refractivity contribution in [3.8, 4) is 0 Å². The first-order valence-electron chi connectivity index (χ1n) is 3.89. The molecule has 1 aromatic rings. The van der Waals surface area contributed by atoms with Crippen molar-refractivity contribution in [1.29, 1.82) is 0 Å². The molecule has 0 atom stereocenters. The molecule has 0 spiro atoms. The number of hydrogen-bond donors (Lipinski definition) is 1. The molecule has 0 unspecified atom stereocenters. The number of nitrogens with one attached hydrogen (secondary N) is 1. The van der Waals surface area contributed by atoms with Gasteiger partial charge in [0.25, 0.3) is 0 Å². The quantitative estimate of drug-likeness (QED) is 0.732. The van der Waals surface area contributed by atoms with Gasteiger partial charge in [0.2, 0.25) is 0 Å². The summed E-state index contributed by atoms with van der Waals surface area (Å²) < 4.78 is 4.40. The van der Waals surface area contributed by atoms with Gasteiger partial charge in [-0.1, -0.05) is 0 Å². The molecular weight excluding hydrogens is 170 g/mol. The van der Waals surface area contributed by atoms with Crippen molar-refractivity contribution in [3.63, 3.8) is 0 Å². The fourth-order valence-electron chi connectivity index (χ4n) is 0.824. The van der Waals surface area contributed by atoms with Crippen molar-refractivity contribution in [3.05, 3.63) is 24.3 Å². The van der Waals surface area contributed by atoms with Gasteiger partial charge < -0.3 is 10.1 Å². The van der Waals surface area contributed by atoms with E-state index >= 15 is 0 Å². The first-order chi connectivity index (χ1) is 6.33. The number of carbonyl (C=O) groups is 1. The van der Waals surface area contributed by atoms with Crippen molar-refractivity contribution in [2.75, 3.05) is 13.7 Å². The molecule has 0 aliphatic rings. The van der Waals surface area contributed by atoms with Crippen molar-refractivity contribution in [1.82, 2.24) is 15.3 Å². The normalized spacial score (nSPS) is 9.31. The molecule has 0 aliphatic carbocycles. The largest absolute Gasteiger partial charge is 0.453 e. The first-order valence-corrected chi connectivity index (χ1v) is 3.89. The molecule has 1 heterocycles. The molecular formula is C8H11N3O2. The minimum atomic E-state index is -0.427. The lowest BCUT2D eigenvalue weighted by Gasteiger charge is -2.01. The number of alkyl carbamates (subject to hydrolysis) is 1. The van der Waals surface area contributed by atoms with Crippen LogP contribution in [0.3, 0.4) is 0 Å². The highest BCUT2D eigenvalue weighted by Crippen LogP contribution is 1.89. The van der Waals surface area contributed by atoms with Gasteiger partial charge in [-0.05, 0) is 0 Å². The second-order valence-electron chi connectivity index (χ2n) is 2.37. The summed E-state index contributed by atoms with van der Waals surface area (Å²) in [4.78, 5) is 18.6. The zero-order valence-electron chi connectivity index (χ0n) is 7.36. The van der Waals surface area contributed by atoms with Gasteiger partial charge in [-0.25, -0.2) is 4.79 Å². The Morgan fingerprint density at radius 3 is 3.08 bits per heavy atom. The molecule has 1 aromatic heterocycles. The predicted molar refractivity (Wildman–Crippen MR) is 46.1 cm³/mol. The van der Waals surface area contributed by atoms with E-state index in [1.54, 1.807) is 18.6 Å². The highest BCUT2D eigenvalue weighted by atomic mass is 16.5. The number of methoxy groups -OCH3 is 1. The molecule has 5 nitrogen and oxygen atoms in total. The Hall–Kier alpha value is -1.65. The lowest BCUT2D eigenvalue weighted by atomic mass is 10.3. The van der Waals surface area contributed by atoms with Crippen molar-refractivity contribution in [2.45, 2.75) is 6.42 Å². The van der Waals surface area contributed by atoms with E-state index < -0.39 is 6.09 Å². The number of amides is 1. The lowest BCUT2D eigenvalue weighted by molar-refractivity contribution is 0.171. The average molecular weight is 181 g/mol. The summed E-state index contributed by atoms with van der Waals surface area (Å²) in [5.41, 5.74) is 0.846. The van der Waals surface area contributed by atoms with E-state index in [9.17, 15) is 4.79 Å². The molecule has 0 saturated heterocycles. The van der Waals surface area contributed by atoms with Crippen molar-refractivity contribution >= 4 is 6.09 Å². The Morgan fingerprint density at radius 1 is 1.62 bits per heavy atom. The Morgan fingerprint density at radius 2 is 2.46 bits per heavy atom. The molecule has 0 aliphatic heterocycles. The molecule has 0 bridgehead atoms. The van der Waals surface area contributed by atoms with Crippen LogP contribution in [0.4, 0.5) is 4.79 Å². The summed E-state index contributed by atoms with van der Waals surface area (Å²) in [6, 6.07) is 0. The summed E-state index contributed by atoms with van der Waals surface area (Å²) in [6.45, 7) is 0.505. The maximum Gasteiger partial charge on any atom is 0.406 e. The fraction of sp³-hybridized carbons (Fsp3) is 0.375. The smallest absolute Gasteiger partial charge is 0.406 e. The molecule has 1 amide bonds. The number of ether oxygens (including phenoxy) is 1. The predicted octanol–water partition coefficient (Wildman–Crippen LogP) is 0.375. The highest BCUT2D eigenvalue weighted by molar-refractivity contribution is 5.66. The van der Waals surface area contributed by atoms with Gasteiger partial charge in [0, 0.05) is 31.6 Å².